The molecule has 0 amide bonds. The van der Waals surface area contributed by atoms with Crippen LogP contribution in [0.15, 0.2) is 18.2 Å². The summed E-state index contributed by atoms with van der Waals surface area (Å²) in [6.45, 7) is 9.86. The number of rotatable bonds is 7. The van der Waals surface area contributed by atoms with Crippen LogP contribution in [0.2, 0.25) is 0 Å². The van der Waals surface area contributed by atoms with E-state index in [1.807, 2.05) is 13.0 Å². The van der Waals surface area contributed by atoms with E-state index in [4.69, 9.17) is 4.74 Å². The topological polar surface area (TPSA) is 41.5 Å². The quantitative estimate of drug-likeness (QED) is 0.731. The molecule has 18 heavy (non-hydrogen) atoms. The Hall–Kier alpha value is -1.06. The van der Waals surface area contributed by atoms with Crippen LogP contribution in [0, 0.1) is 6.92 Å². The van der Waals surface area contributed by atoms with Crippen molar-refractivity contribution in [1.82, 2.24) is 5.32 Å². The van der Waals surface area contributed by atoms with Crippen LogP contribution in [-0.4, -0.2) is 30.4 Å². The van der Waals surface area contributed by atoms with Crippen molar-refractivity contribution >= 4 is 0 Å². The molecule has 0 radical (unpaired) electrons. The highest BCUT2D eigenvalue weighted by Gasteiger charge is 2.10. The molecule has 0 saturated carbocycles. The Bertz CT molecular complexity index is 369. The molecule has 0 fully saturated rings. The van der Waals surface area contributed by atoms with Gasteiger partial charge in [-0.05, 0) is 57.9 Å². The van der Waals surface area contributed by atoms with Crippen molar-refractivity contribution in [2.75, 3.05) is 19.7 Å². The second kappa shape index (κ2) is 6.76. The fourth-order valence-electron chi connectivity index (χ4n) is 1.81. The molecule has 1 aromatic carbocycles. The number of benzene rings is 1. The maximum Gasteiger partial charge on any atom is 0.122 e. The molecule has 1 aromatic rings. The molecule has 102 valence electrons. The fraction of sp³-hybridized carbons (Fsp3) is 0.600. The Kier molecular flexibility index (Phi) is 5.63. The van der Waals surface area contributed by atoms with Crippen molar-refractivity contribution < 1.29 is 9.84 Å². The second-order valence-corrected chi connectivity index (χ2v) is 5.27. The molecule has 0 aromatic heterocycles. The van der Waals surface area contributed by atoms with Gasteiger partial charge in [0.25, 0.3) is 0 Å². The van der Waals surface area contributed by atoms with Crippen molar-refractivity contribution in [3.05, 3.63) is 29.3 Å². The van der Waals surface area contributed by atoms with E-state index < -0.39 is 5.60 Å². The van der Waals surface area contributed by atoms with Crippen LogP contribution in [0.25, 0.3) is 0 Å². The van der Waals surface area contributed by atoms with Crippen molar-refractivity contribution in [3.8, 4) is 5.75 Å². The summed E-state index contributed by atoms with van der Waals surface area (Å²) in [7, 11) is 0. The lowest BCUT2D eigenvalue weighted by atomic mass is 10.1. The molecule has 0 saturated heterocycles. The summed E-state index contributed by atoms with van der Waals surface area (Å²) >= 11 is 0. The van der Waals surface area contributed by atoms with Crippen LogP contribution < -0.4 is 10.1 Å². The minimum Gasteiger partial charge on any atom is -0.494 e. The zero-order valence-electron chi connectivity index (χ0n) is 11.9. The van der Waals surface area contributed by atoms with Gasteiger partial charge < -0.3 is 15.2 Å². The zero-order chi connectivity index (χ0) is 13.6. The average molecular weight is 251 g/mol. The van der Waals surface area contributed by atoms with E-state index in [-0.39, 0.29) is 0 Å². The van der Waals surface area contributed by atoms with Crippen molar-refractivity contribution in [3.63, 3.8) is 0 Å². The van der Waals surface area contributed by atoms with Crippen molar-refractivity contribution in [2.24, 2.45) is 0 Å². The third-order valence-corrected chi connectivity index (χ3v) is 2.69. The first kappa shape index (κ1) is 15.0. The lowest BCUT2D eigenvalue weighted by Crippen LogP contribution is -2.35. The molecule has 0 aliphatic heterocycles. The van der Waals surface area contributed by atoms with Gasteiger partial charge in [0.1, 0.15) is 5.75 Å². The Morgan fingerprint density at radius 2 is 2.06 bits per heavy atom. The van der Waals surface area contributed by atoms with Gasteiger partial charge in [-0.15, -0.1) is 0 Å². The number of aliphatic hydroxyl groups is 1. The van der Waals surface area contributed by atoms with E-state index in [1.165, 1.54) is 11.1 Å². The second-order valence-electron chi connectivity index (χ2n) is 5.27. The smallest absolute Gasteiger partial charge is 0.122 e. The average Bonchev–Trinajstić information content (AvgIpc) is 2.27. The summed E-state index contributed by atoms with van der Waals surface area (Å²) in [4.78, 5) is 0. The Morgan fingerprint density at radius 1 is 1.33 bits per heavy atom. The Morgan fingerprint density at radius 3 is 2.61 bits per heavy atom. The molecular weight excluding hydrogens is 226 g/mol. The molecule has 0 atom stereocenters. The normalized spacial score (nSPS) is 11.6. The zero-order valence-corrected chi connectivity index (χ0v) is 11.9. The summed E-state index contributed by atoms with van der Waals surface area (Å²) in [6, 6.07) is 6.30. The first-order valence-electron chi connectivity index (χ1n) is 6.58. The molecule has 0 aliphatic rings. The number of aryl methyl sites for hydroxylation is 1. The monoisotopic (exact) mass is 251 g/mol. The number of nitrogens with one attached hydrogen (secondary N) is 1. The maximum atomic E-state index is 9.58. The van der Waals surface area contributed by atoms with Crippen molar-refractivity contribution in [2.45, 2.75) is 39.7 Å². The first-order valence-corrected chi connectivity index (χ1v) is 6.58. The van der Waals surface area contributed by atoms with E-state index >= 15 is 0 Å². The summed E-state index contributed by atoms with van der Waals surface area (Å²) in [5, 5.41) is 12.8. The van der Waals surface area contributed by atoms with Gasteiger partial charge in [0.15, 0.2) is 0 Å². The molecular formula is C15H25NO2. The molecule has 0 aliphatic carbocycles. The molecule has 0 bridgehead atoms. The van der Waals surface area contributed by atoms with Gasteiger partial charge in [0.05, 0.1) is 12.2 Å². The summed E-state index contributed by atoms with van der Waals surface area (Å²) in [5.41, 5.74) is 1.82. The highest BCUT2D eigenvalue weighted by molar-refractivity contribution is 5.36. The van der Waals surface area contributed by atoms with Crippen LogP contribution >= 0.6 is 0 Å². The predicted molar refractivity (Wildman–Crippen MR) is 75.2 cm³/mol. The van der Waals surface area contributed by atoms with Gasteiger partial charge in [-0.1, -0.05) is 12.1 Å². The number of hydrogen-bond donors (Lipinski definition) is 2. The molecule has 3 heteroatoms. The van der Waals surface area contributed by atoms with E-state index in [1.54, 1.807) is 13.8 Å². The largest absolute Gasteiger partial charge is 0.494 e. The van der Waals surface area contributed by atoms with Crippen molar-refractivity contribution in [1.29, 1.82) is 0 Å². The highest BCUT2D eigenvalue weighted by Crippen LogP contribution is 2.19. The van der Waals surface area contributed by atoms with Gasteiger partial charge >= 0.3 is 0 Å². The van der Waals surface area contributed by atoms with Crippen LogP contribution in [-0.2, 0) is 6.42 Å². The van der Waals surface area contributed by atoms with E-state index in [2.05, 4.69) is 24.4 Å². The summed E-state index contributed by atoms with van der Waals surface area (Å²) in [6.07, 6.45) is 0.962. The van der Waals surface area contributed by atoms with Crippen LogP contribution in [0.5, 0.6) is 5.75 Å². The standard InChI is InChI=1S/C15H25NO2/c1-5-18-14-7-6-13(10-12(14)2)8-9-16-11-15(3,4)17/h6-7,10,16-17H,5,8-9,11H2,1-4H3. The SMILES string of the molecule is CCOc1ccc(CCNCC(C)(C)O)cc1C. The van der Waals surface area contributed by atoms with Crippen LogP contribution in [0.4, 0.5) is 0 Å². The Balaban J connectivity index is 2.41. The third-order valence-electron chi connectivity index (χ3n) is 2.69. The van der Waals surface area contributed by atoms with Gasteiger partial charge in [-0.3, -0.25) is 0 Å². The molecule has 0 heterocycles. The molecule has 3 nitrogen and oxygen atoms in total. The molecule has 2 N–H and O–H groups in total. The summed E-state index contributed by atoms with van der Waals surface area (Å²) < 4.78 is 5.51. The van der Waals surface area contributed by atoms with Crippen LogP contribution in [0.1, 0.15) is 31.9 Å². The molecule has 1 rings (SSSR count). The van der Waals surface area contributed by atoms with Crippen LogP contribution in [0.3, 0.4) is 0 Å². The van der Waals surface area contributed by atoms with E-state index in [9.17, 15) is 5.11 Å². The van der Waals surface area contributed by atoms with Gasteiger partial charge in [0.2, 0.25) is 0 Å². The van der Waals surface area contributed by atoms with Gasteiger partial charge in [-0.2, -0.15) is 0 Å². The number of hydrogen-bond acceptors (Lipinski definition) is 3. The molecule has 0 spiro atoms. The Labute approximate surface area is 110 Å². The lowest BCUT2D eigenvalue weighted by Gasteiger charge is -2.17. The maximum absolute atomic E-state index is 9.58. The third kappa shape index (κ3) is 5.52. The summed E-state index contributed by atoms with van der Waals surface area (Å²) in [5.74, 6) is 0.964. The highest BCUT2D eigenvalue weighted by atomic mass is 16.5. The predicted octanol–water partition coefficient (Wildman–Crippen LogP) is 2.30. The van der Waals surface area contributed by atoms with E-state index in [0.717, 1.165) is 18.7 Å². The first-order chi connectivity index (χ1) is 8.42. The van der Waals surface area contributed by atoms with Gasteiger partial charge in [0, 0.05) is 6.54 Å². The number of ether oxygens (including phenoxy) is 1. The fourth-order valence-corrected chi connectivity index (χ4v) is 1.81. The molecule has 0 unspecified atom stereocenters. The lowest BCUT2D eigenvalue weighted by molar-refractivity contribution is 0.0801. The minimum atomic E-state index is -0.644. The minimum absolute atomic E-state index is 0.614. The van der Waals surface area contributed by atoms with E-state index in [0.29, 0.717) is 13.2 Å². The van der Waals surface area contributed by atoms with Gasteiger partial charge in [-0.25, -0.2) is 0 Å².